The second-order valence-corrected chi connectivity index (χ2v) is 7.72. The van der Waals surface area contributed by atoms with E-state index < -0.39 is 13.2 Å². The van der Waals surface area contributed by atoms with Gasteiger partial charge in [-0.15, -0.1) is 0 Å². The molecule has 0 aliphatic carbocycles. The highest BCUT2D eigenvalue weighted by atomic mass is 16.7. The van der Waals surface area contributed by atoms with Crippen LogP contribution in [0, 0.1) is 6.57 Å². The summed E-state index contributed by atoms with van der Waals surface area (Å²) in [5, 5.41) is 10.1. The molecule has 0 spiro atoms. The molecule has 2 saturated heterocycles. The molecule has 1 aromatic rings. The molecule has 0 aromatic heterocycles. The first-order valence-electron chi connectivity index (χ1n) is 8.58. The Kier molecular flexibility index (Phi) is 4.82. The Labute approximate surface area is 149 Å². The monoisotopic (exact) mass is 344 g/mol. The van der Waals surface area contributed by atoms with Crippen molar-refractivity contribution in [3.63, 3.8) is 0 Å². The molecule has 2 heterocycles. The number of ether oxygens (including phenoxy) is 1. The maximum atomic E-state index is 10.1. The van der Waals surface area contributed by atoms with Gasteiger partial charge in [0.2, 0.25) is 0 Å². The highest BCUT2D eigenvalue weighted by Gasteiger charge is 2.51. The largest absolute Gasteiger partial charge is 0.494 e. The summed E-state index contributed by atoms with van der Waals surface area (Å²) in [6.07, 6.45) is -0.894. The topological polar surface area (TPSA) is 55.5 Å². The number of aliphatic hydroxyl groups excluding tert-OH is 1. The number of likely N-dealkylation sites (tertiary alicyclic amines) is 1. The quantitative estimate of drug-likeness (QED) is 0.659. The molecule has 2 aliphatic heterocycles. The second-order valence-electron chi connectivity index (χ2n) is 7.72. The molecule has 2 atom stereocenters. The Morgan fingerprint density at radius 2 is 1.80 bits per heavy atom. The SMILES string of the molecule is [C-]#[N+]CN1C[C@@H](O)[C@H](Oc2ccc(B3OC(C)(C)C(C)(C)O3)cc2)C1. The molecule has 2 aliphatic rings. The van der Waals surface area contributed by atoms with Crippen molar-refractivity contribution in [3.05, 3.63) is 35.7 Å². The molecule has 25 heavy (non-hydrogen) atoms. The first-order chi connectivity index (χ1) is 11.7. The Balaban J connectivity index is 1.63. The minimum atomic E-state index is -0.579. The number of aliphatic hydroxyl groups is 1. The average molecular weight is 344 g/mol. The maximum Gasteiger partial charge on any atom is 0.494 e. The van der Waals surface area contributed by atoms with E-state index in [1.807, 2.05) is 56.9 Å². The minimum absolute atomic E-state index is 0.289. The van der Waals surface area contributed by atoms with Gasteiger partial charge in [0.25, 0.3) is 6.67 Å². The van der Waals surface area contributed by atoms with Crippen LogP contribution in [-0.2, 0) is 9.31 Å². The molecular formula is C18H25BN2O4. The van der Waals surface area contributed by atoms with Crippen molar-refractivity contribution >= 4 is 12.6 Å². The second kappa shape index (κ2) is 6.62. The smallest absolute Gasteiger partial charge is 0.486 e. The van der Waals surface area contributed by atoms with Crippen molar-refractivity contribution < 1.29 is 19.2 Å². The lowest BCUT2D eigenvalue weighted by atomic mass is 9.79. The van der Waals surface area contributed by atoms with Gasteiger partial charge >= 0.3 is 7.12 Å². The lowest BCUT2D eigenvalue weighted by Gasteiger charge is -2.32. The fraction of sp³-hybridized carbons (Fsp3) is 0.611. The van der Waals surface area contributed by atoms with Crippen molar-refractivity contribution in [2.45, 2.75) is 51.1 Å². The first-order valence-corrected chi connectivity index (χ1v) is 8.58. The van der Waals surface area contributed by atoms with Crippen LogP contribution in [0.2, 0.25) is 0 Å². The van der Waals surface area contributed by atoms with E-state index in [1.54, 1.807) is 0 Å². The Morgan fingerprint density at radius 3 is 2.36 bits per heavy atom. The average Bonchev–Trinajstić information content (AvgIpc) is 2.97. The summed E-state index contributed by atoms with van der Waals surface area (Å²) < 4.78 is 18.0. The van der Waals surface area contributed by atoms with E-state index in [-0.39, 0.29) is 24.0 Å². The van der Waals surface area contributed by atoms with E-state index in [4.69, 9.17) is 20.6 Å². The number of β-amino-alcohol motifs (C(OH)–C–C–N with tert-alkyl or cyclic N) is 1. The van der Waals surface area contributed by atoms with Gasteiger partial charge in [0.15, 0.2) is 0 Å². The molecule has 0 unspecified atom stereocenters. The number of benzene rings is 1. The summed E-state index contributed by atoms with van der Waals surface area (Å²) in [5.74, 6) is 0.689. The van der Waals surface area contributed by atoms with Crippen LogP contribution < -0.4 is 10.2 Å². The van der Waals surface area contributed by atoms with E-state index in [9.17, 15) is 5.11 Å². The van der Waals surface area contributed by atoms with Gasteiger partial charge < -0.3 is 19.2 Å². The van der Waals surface area contributed by atoms with Gasteiger partial charge in [-0.25, -0.2) is 11.5 Å². The summed E-state index contributed by atoms with van der Waals surface area (Å²) in [6, 6.07) is 7.58. The molecule has 0 bridgehead atoms. The van der Waals surface area contributed by atoms with Crippen LogP contribution in [-0.4, -0.2) is 60.3 Å². The van der Waals surface area contributed by atoms with Crippen molar-refractivity contribution in [2.75, 3.05) is 19.8 Å². The minimum Gasteiger partial charge on any atom is -0.486 e. The van der Waals surface area contributed by atoms with Crippen LogP contribution in [0.1, 0.15) is 27.7 Å². The zero-order valence-electron chi connectivity index (χ0n) is 15.2. The first kappa shape index (κ1) is 18.2. The van der Waals surface area contributed by atoms with Gasteiger partial charge in [0.1, 0.15) is 18.0 Å². The van der Waals surface area contributed by atoms with Gasteiger partial charge in [0, 0.05) is 13.1 Å². The molecule has 3 rings (SSSR count). The molecule has 6 nitrogen and oxygen atoms in total. The van der Waals surface area contributed by atoms with Gasteiger partial charge in [0.05, 0.1) is 11.2 Å². The van der Waals surface area contributed by atoms with Gasteiger partial charge in [-0.3, -0.25) is 4.85 Å². The zero-order valence-corrected chi connectivity index (χ0v) is 15.2. The number of rotatable bonds is 4. The van der Waals surface area contributed by atoms with Crippen LogP contribution >= 0.6 is 0 Å². The molecular weight excluding hydrogens is 319 g/mol. The van der Waals surface area contributed by atoms with Gasteiger partial charge in [-0.05, 0) is 45.3 Å². The summed E-state index contributed by atoms with van der Waals surface area (Å²) in [6.45, 7) is 16.4. The Morgan fingerprint density at radius 1 is 1.20 bits per heavy atom. The van der Waals surface area contributed by atoms with Gasteiger partial charge in [-0.2, -0.15) is 0 Å². The van der Waals surface area contributed by atoms with Crippen molar-refractivity contribution in [1.82, 2.24) is 4.90 Å². The Bertz CT molecular complexity index is 640. The van der Waals surface area contributed by atoms with Crippen molar-refractivity contribution in [2.24, 2.45) is 0 Å². The maximum absolute atomic E-state index is 10.1. The molecule has 0 amide bonds. The third-order valence-electron chi connectivity index (χ3n) is 5.28. The summed E-state index contributed by atoms with van der Waals surface area (Å²) in [5.41, 5.74) is 0.202. The van der Waals surface area contributed by atoms with Crippen LogP contribution in [0.3, 0.4) is 0 Å². The van der Waals surface area contributed by atoms with E-state index >= 15 is 0 Å². The molecule has 0 radical (unpaired) electrons. The van der Waals surface area contributed by atoms with Crippen molar-refractivity contribution in [3.8, 4) is 5.75 Å². The highest BCUT2D eigenvalue weighted by molar-refractivity contribution is 6.62. The van der Waals surface area contributed by atoms with Crippen LogP contribution in [0.5, 0.6) is 5.75 Å². The van der Waals surface area contributed by atoms with Crippen LogP contribution in [0.15, 0.2) is 24.3 Å². The third kappa shape index (κ3) is 3.68. The van der Waals surface area contributed by atoms with Crippen LogP contribution in [0.25, 0.3) is 4.85 Å². The van der Waals surface area contributed by atoms with Crippen LogP contribution in [0.4, 0.5) is 0 Å². The fourth-order valence-electron chi connectivity index (χ4n) is 3.02. The lowest BCUT2D eigenvalue weighted by Crippen LogP contribution is -2.41. The predicted molar refractivity (Wildman–Crippen MR) is 95.6 cm³/mol. The molecule has 134 valence electrons. The lowest BCUT2D eigenvalue weighted by molar-refractivity contribution is 0.00578. The number of hydrogen-bond acceptors (Lipinski definition) is 5. The Hall–Kier alpha value is -1.59. The molecule has 7 heteroatoms. The summed E-state index contributed by atoms with van der Waals surface area (Å²) in [4.78, 5) is 5.24. The normalized spacial score (nSPS) is 28.1. The van der Waals surface area contributed by atoms with E-state index in [1.165, 1.54) is 0 Å². The molecule has 0 saturated carbocycles. The van der Waals surface area contributed by atoms with Crippen molar-refractivity contribution in [1.29, 1.82) is 0 Å². The number of nitrogens with zero attached hydrogens (tertiary/aromatic N) is 2. The number of hydrogen-bond donors (Lipinski definition) is 1. The highest BCUT2D eigenvalue weighted by Crippen LogP contribution is 2.36. The molecule has 1 aromatic carbocycles. The van der Waals surface area contributed by atoms with E-state index in [0.29, 0.717) is 18.8 Å². The summed E-state index contributed by atoms with van der Waals surface area (Å²) in [7, 11) is -0.398. The molecule has 1 N–H and O–H groups in total. The van der Waals surface area contributed by atoms with E-state index in [0.717, 1.165) is 5.46 Å². The standard InChI is InChI=1S/C18H25BN2O4/c1-17(2)18(3,4)25-19(24-17)13-6-8-14(9-7-13)23-16-11-21(12-20-5)10-15(16)22/h6-9,15-16,22H,10-12H2,1-4H3/t15-,16-/m1/s1. The third-order valence-corrected chi connectivity index (χ3v) is 5.28. The molecule has 2 fully saturated rings. The summed E-state index contributed by atoms with van der Waals surface area (Å²) >= 11 is 0. The fourth-order valence-corrected chi connectivity index (χ4v) is 3.02. The van der Waals surface area contributed by atoms with E-state index in [2.05, 4.69) is 4.85 Å². The van der Waals surface area contributed by atoms with Gasteiger partial charge in [-0.1, -0.05) is 12.1 Å². The zero-order chi connectivity index (χ0) is 18.2. The predicted octanol–water partition coefficient (Wildman–Crippen LogP) is 1.29.